The van der Waals surface area contributed by atoms with E-state index in [9.17, 15) is 9.59 Å². The van der Waals surface area contributed by atoms with E-state index in [4.69, 9.17) is 4.74 Å². The molecule has 5 heteroatoms. The van der Waals surface area contributed by atoms with Gasteiger partial charge >= 0.3 is 0 Å². The third-order valence-corrected chi connectivity index (χ3v) is 7.17. The van der Waals surface area contributed by atoms with E-state index >= 15 is 0 Å². The first-order valence-corrected chi connectivity index (χ1v) is 10.4. The molecule has 1 aliphatic carbocycles. The summed E-state index contributed by atoms with van der Waals surface area (Å²) in [6.07, 6.45) is 2.44. The van der Waals surface area contributed by atoms with E-state index in [1.54, 1.807) is 19.2 Å². The lowest BCUT2D eigenvalue weighted by atomic mass is 9.64. The number of benzene rings is 2. The smallest absolute Gasteiger partial charge is 0.261 e. The van der Waals surface area contributed by atoms with Crippen molar-refractivity contribution in [2.24, 2.45) is 11.8 Å². The second-order valence-electron chi connectivity index (χ2n) is 8.60. The van der Waals surface area contributed by atoms with Crippen LogP contribution in [0.1, 0.15) is 46.0 Å². The van der Waals surface area contributed by atoms with E-state index in [1.807, 2.05) is 24.3 Å². The van der Waals surface area contributed by atoms with E-state index in [-0.39, 0.29) is 17.9 Å². The maximum Gasteiger partial charge on any atom is 0.261 e. The van der Waals surface area contributed by atoms with Gasteiger partial charge in [-0.3, -0.25) is 19.4 Å². The number of amides is 2. The van der Waals surface area contributed by atoms with Crippen molar-refractivity contribution in [1.29, 1.82) is 0 Å². The van der Waals surface area contributed by atoms with Gasteiger partial charge in [0.05, 0.1) is 18.2 Å². The summed E-state index contributed by atoms with van der Waals surface area (Å²) in [7, 11) is 1.67. The second kappa shape index (κ2) is 6.99. The quantitative estimate of drug-likeness (QED) is 0.732. The van der Waals surface area contributed by atoms with Gasteiger partial charge in [0.25, 0.3) is 11.8 Å². The fraction of sp³-hybridized carbons (Fsp3) is 0.417. The topological polar surface area (TPSA) is 49.9 Å². The number of carbonyl (C=O) groups excluding carboxylic acids is 2. The minimum atomic E-state index is -0.151. The van der Waals surface area contributed by atoms with E-state index in [0.29, 0.717) is 35.5 Å². The van der Waals surface area contributed by atoms with E-state index in [1.165, 1.54) is 23.3 Å². The standard InChI is InChI=1S/C24H26N2O3/c1-15-17-11-18(12-17)25(13-16-7-9-19(29-2)10-8-16)22(15)14-26-23(27)20-5-3-4-6-21(20)24(26)28/h3-10,15,17-18,22H,11-14H2,1-2H3. The molecule has 29 heavy (non-hydrogen) atoms. The molecule has 2 aromatic carbocycles. The lowest BCUT2D eigenvalue weighted by Crippen LogP contribution is -2.63. The van der Waals surface area contributed by atoms with Crippen molar-refractivity contribution in [1.82, 2.24) is 9.80 Å². The highest BCUT2D eigenvalue weighted by molar-refractivity contribution is 6.21. The first-order chi connectivity index (χ1) is 14.1. The van der Waals surface area contributed by atoms with Gasteiger partial charge < -0.3 is 4.74 Å². The molecule has 1 saturated carbocycles. The van der Waals surface area contributed by atoms with Crippen molar-refractivity contribution in [3.05, 3.63) is 65.2 Å². The lowest BCUT2D eigenvalue weighted by molar-refractivity contribution is -0.0842. The third-order valence-electron chi connectivity index (χ3n) is 7.17. The summed E-state index contributed by atoms with van der Waals surface area (Å²) in [5.74, 6) is 1.71. The summed E-state index contributed by atoms with van der Waals surface area (Å²) in [6.45, 7) is 3.58. The SMILES string of the molecule is COc1ccc(CN2C3CC(C3)C(C)C2CN2C(=O)c3ccccc3C2=O)cc1. The Morgan fingerprint density at radius 3 is 2.17 bits per heavy atom. The Balaban J connectivity index is 1.38. The molecule has 2 amide bonds. The molecule has 2 unspecified atom stereocenters. The van der Waals surface area contributed by atoms with E-state index < -0.39 is 0 Å². The zero-order chi connectivity index (χ0) is 20.1. The van der Waals surface area contributed by atoms with Crippen LogP contribution in [-0.4, -0.2) is 47.4 Å². The number of imide groups is 1. The van der Waals surface area contributed by atoms with Crippen LogP contribution in [0.4, 0.5) is 0 Å². The molecule has 0 spiro atoms. The molecule has 2 saturated heterocycles. The average molecular weight is 390 g/mol. The van der Waals surface area contributed by atoms with Crippen LogP contribution in [0.25, 0.3) is 0 Å². The Hall–Kier alpha value is -2.66. The Bertz CT molecular complexity index is 914. The fourth-order valence-corrected chi connectivity index (χ4v) is 5.27. The van der Waals surface area contributed by atoms with Gasteiger partial charge in [0.1, 0.15) is 5.75 Å². The Morgan fingerprint density at radius 1 is 0.966 bits per heavy atom. The van der Waals surface area contributed by atoms with Crippen LogP contribution in [0, 0.1) is 11.8 Å². The Kier molecular flexibility index (Phi) is 4.43. The van der Waals surface area contributed by atoms with Crippen LogP contribution in [0.15, 0.2) is 48.5 Å². The number of rotatable bonds is 5. The minimum absolute atomic E-state index is 0.151. The molecule has 2 atom stereocenters. The second-order valence-corrected chi connectivity index (χ2v) is 8.60. The average Bonchev–Trinajstić information content (AvgIpc) is 2.95. The monoisotopic (exact) mass is 390 g/mol. The number of carbonyl (C=O) groups is 2. The molecule has 4 aliphatic rings. The molecule has 150 valence electrons. The van der Waals surface area contributed by atoms with Crippen LogP contribution < -0.4 is 4.74 Å². The summed E-state index contributed by atoms with van der Waals surface area (Å²) < 4.78 is 5.27. The van der Waals surface area contributed by atoms with Gasteiger partial charge in [0, 0.05) is 25.2 Å². The molecule has 5 nitrogen and oxygen atoms in total. The van der Waals surface area contributed by atoms with E-state index in [0.717, 1.165) is 12.3 Å². The number of hydrogen-bond acceptors (Lipinski definition) is 4. The number of piperidine rings is 2. The molecule has 2 bridgehead atoms. The highest BCUT2D eigenvalue weighted by Crippen LogP contribution is 2.47. The first-order valence-electron chi connectivity index (χ1n) is 10.4. The maximum absolute atomic E-state index is 12.9. The minimum Gasteiger partial charge on any atom is -0.497 e. The summed E-state index contributed by atoms with van der Waals surface area (Å²) >= 11 is 0. The molecule has 3 heterocycles. The van der Waals surface area contributed by atoms with Gasteiger partial charge in [0.2, 0.25) is 0 Å². The van der Waals surface area contributed by atoms with Crippen molar-refractivity contribution in [3.8, 4) is 5.75 Å². The molecule has 6 rings (SSSR count). The van der Waals surface area contributed by atoms with Crippen LogP contribution >= 0.6 is 0 Å². The number of nitrogens with zero attached hydrogens (tertiary/aromatic N) is 2. The van der Waals surface area contributed by atoms with Crippen LogP contribution in [0.3, 0.4) is 0 Å². The molecular weight excluding hydrogens is 364 g/mol. The summed E-state index contributed by atoms with van der Waals surface area (Å²) in [4.78, 5) is 29.8. The van der Waals surface area contributed by atoms with Gasteiger partial charge in [-0.1, -0.05) is 31.2 Å². The predicted molar refractivity (Wildman–Crippen MR) is 110 cm³/mol. The van der Waals surface area contributed by atoms with Crippen molar-refractivity contribution in [2.45, 2.75) is 38.4 Å². The fourth-order valence-electron chi connectivity index (χ4n) is 5.27. The largest absolute Gasteiger partial charge is 0.497 e. The zero-order valence-corrected chi connectivity index (χ0v) is 16.9. The Morgan fingerprint density at radius 2 is 1.59 bits per heavy atom. The van der Waals surface area contributed by atoms with Crippen molar-refractivity contribution in [2.75, 3.05) is 13.7 Å². The highest BCUT2D eigenvalue weighted by atomic mass is 16.5. The van der Waals surface area contributed by atoms with Crippen molar-refractivity contribution < 1.29 is 14.3 Å². The van der Waals surface area contributed by atoms with Crippen molar-refractivity contribution in [3.63, 3.8) is 0 Å². The lowest BCUT2D eigenvalue weighted by Gasteiger charge is -2.58. The highest BCUT2D eigenvalue weighted by Gasteiger charge is 2.50. The zero-order valence-electron chi connectivity index (χ0n) is 16.9. The molecule has 2 aromatic rings. The van der Waals surface area contributed by atoms with Gasteiger partial charge in [-0.25, -0.2) is 0 Å². The number of methoxy groups -OCH3 is 1. The number of ether oxygens (including phenoxy) is 1. The molecule has 3 fully saturated rings. The molecule has 0 aromatic heterocycles. The van der Waals surface area contributed by atoms with Gasteiger partial charge in [-0.05, 0) is 54.5 Å². The predicted octanol–water partition coefficient (Wildman–Crippen LogP) is 3.59. The van der Waals surface area contributed by atoms with E-state index in [2.05, 4.69) is 24.0 Å². The summed E-state index contributed by atoms with van der Waals surface area (Å²) in [5.41, 5.74) is 2.30. The molecule has 0 radical (unpaired) electrons. The number of hydrogen-bond donors (Lipinski definition) is 0. The van der Waals surface area contributed by atoms with Gasteiger partial charge in [-0.2, -0.15) is 0 Å². The summed E-state index contributed by atoms with van der Waals surface area (Å²) in [5, 5.41) is 0. The summed E-state index contributed by atoms with van der Waals surface area (Å²) in [6, 6.07) is 16.1. The molecule has 0 N–H and O–H groups in total. The molecule has 3 aliphatic heterocycles. The van der Waals surface area contributed by atoms with Gasteiger partial charge in [0.15, 0.2) is 0 Å². The van der Waals surface area contributed by atoms with Crippen molar-refractivity contribution >= 4 is 11.8 Å². The van der Waals surface area contributed by atoms with Crippen LogP contribution in [-0.2, 0) is 6.54 Å². The normalized spacial score (nSPS) is 28.3. The van der Waals surface area contributed by atoms with Crippen LogP contribution in [0.5, 0.6) is 5.75 Å². The van der Waals surface area contributed by atoms with Crippen LogP contribution in [0.2, 0.25) is 0 Å². The van der Waals surface area contributed by atoms with Gasteiger partial charge in [-0.15, -0.1) is 0 Å². The first kappa shape index (κ1) is 18.4. The number of fused-ring (bicyclic) bond motifs is 3. The Labute approximate surface area is 171 Å². The third kappa shape index (κ3) is 2.96. The maximum atomic E-state index is 12.9. The molecular formula is C24H26N2O3.